The summed E-state index contributed by atoms with van der Waals surface area (Å²) in [4.78, 5) is 27.4. The number of halogens is 1. The molecule has 0 saturated carbocycles. The summed E-state index contributed by atoms with van der Waals surface area (Å²) in [6.07, 6.45) is 3.12. The van der Waals surface area contributed by atoms with E-state index in [-0.39, 0.29) is 24.8 Å². The summed E-state index contributed by atoms with van der Waals surface area (Å²) in [5.41, 5.74) is 0. The number of hydrogen-bond acceptors (Lipinski definition) is 4. The first-order valence-corrected chi connectivity index (χ1v) is 8.20. The van der Waals surface area contributed by atoms with Gasteiger partial charge < -0.3 is 0 Å². The third kappa shape index (κ3) is 5.73. The van der Waals surface area contributed by atoms with Crippen LogP contribution < -0.4 is 0 Å². The van der Waals surface area contributed by atoms with Crippen molar-refractivity contribution in [3.63, 3.8) is 0 Å². The second-order valence-corrected chi connectivity index (χ2v) is 7.13. The van der Waals surface area contributed by atoms with E-state index in [1.54, 1.807) is 12.2 Å². The van der Waals surface area contributed by atoms with E-state index in [1.165, 1.54) is 13.0 Å². The first-order chi connectivity index (χ1) is 6.86. The van der Waals surface area contributed by atoms with Crippen LogP contribution in [0.5, 0.6) is 0 Å². The molecule has 0 radical (unpaired) electrons. The van der Waals surface area contributed by atoms with Crippen molar-refractivity contribution in [1.29, 1.82) is 0 Å². The summed E-state index contributed by atoms with van der Waals surface area (Å²) in [7, 11) is 0. The van der Waals surface area contributed by atoms with Gasteiger partial charge >= 0.3 is 82.2 Å². The Balaban J connectivity index is 0.000000791. The van der Waals surface area contributed by atoms with Gasteiger partial charge in [-0.15, -0.1) is 0 Å². The Bertz CT molecular complexity index is 232. The van der Waals surface area contributed by atoms with Crippen LogP contribution in [0.15, 0.2) is 9.98 Å². The molecule has 1 aliphatic rings. The van der Waals surface area contributed by atoms with Gasteiger partial charge in [0, 0.05) is 3.89 Å². The molecule has 78 valence electrons. The number of rotatable bonds is 2. The van der Waals surface area contributed by atoms with E-state index >= 15 is 0 Å². The van der Waals surface area contributed by atoms with Crippen LogP contribution in [0.3, 0.4) is 0 Å². The average Bonchev–Trinajstić information content (AvgIpc) is 2.22. The van der Waals surface area contributed by atoms with Crippen molar-refractivity contribution in [2.45, 2.75) is 20.5 Å². The van der Waals surface area contributed by atoms with Crippen LogP contribution in [0, 0.1) is 0 Å². The van der Waals surface area contributed by atoms with Gasteiger partial charge in [-0.1, -0.05) is 0 Å². The van der Waals surface area contributed by atoms with Gasteiger partial charge in [-0.3, -0.25) is 0 Å². The number of hydrogen-bond donors (Lipinski definition) is 0. The molecule has 1 saturated heterocycles. The van der Waals surface area contributed by atoms with Crippen molar-refractivity contribution in [3.05, 3.63) is 0 Å². The van der Waals surface area contributed by atoms with Crippen molar-refractivity contribution >= 4 is 55.1 Å². The molecule has 2 unspecified atom stereocenters. The molecule has 1 heterocycles. The second-order valence-electron chi connectivity index (χ2n) is 2.02. The predicted octanol–water partition coefficient (Wildman–Crippen LogP) is -0.549. The maximum atomic E-state index is 9.95. The fourth-order valence-corrected chi connectivity index (χ4v) is 7.56. The molecule has 0 spiro atoms. The van der Waals surface area contributed by atoms with Crippen LogP contribution in [-0.2, 0) is 22.6 Å². The Morgan fingerprint density at radius 2 is 1.57 bits per heavy atom. The summed E-state index contributed by atoms with van der Waals surface area (Å²) in [6, 6.07) is 0. The van der Waals surface area contributed by atoms with Gasteiger partial charge in [0.05, 0.1) is 0 Å². The fraction of sp³-hybridized carbons (Fsp3) is 0.667. The zero-order valence-corrected chi connectivity index (χ0v) is 11.4. The van der Waals surface area contributed by atoms with Crippen molar-refractivity contribution in [2.75, 3.05) is 0 Å². The van der Waals surface area contributed by atoms with Crippen LogP contribution >= 0.6 is 0 Å². The van der Waals surface area contributed by atoms with Crippen molar-refractivity contribution in [2.24, 2.45) is 9.98 Å². The summed E-state index contributed by atoms with van der Waals surface area (Å²) >= 11 is 2.09. The van der Waals surface area contributed by atoms with Crippen LogP contribution in [-0.4, -0.2) is 52.0 Å². The van der Waals surface area contributed by atoms with Crippen LogP contribution in [0.4, 0.5) is 3.89 Å². The van der Waals surface area contributed by atoms with Gasteiger partial charge in [0.25, 0.3) is 0 Å². The van der Waals surface area contributed by atoms with Gasteiger partial charge in [-0.25, -0.2) is 0 Å². The molecule has 0 amide bonds. The molecule has 4 nitrogen and oxygen atoms in total. The Kier molecular flexibility index (Phi) is 9.68. The maximum absolute atomic E-state index is 9.95. The minimum absolute atomic E-state index is 0.103. The topological polar surface area (TPSA) is 58.9 Å². The third-order valence-electron chi connectivity index (χ3n) is 1.23. The predicted molar refractivity (Wildman–Crippen MR) is 56.2 cm³/mol. The SMILES string of the molecule is F[SH2+].O=C=NC1C[Se]CC(N=C=O)[Se]1. The molecular formula is C6H8FN2O2SSe2+. The molecule has 0 aromatic rings. The van der Waals surface area contributed by atoms with E-state index < -0.39 is 0 Å². The molecule has 0 N–H and O–H groups in total. The normalized spacial score (nSPS) is 24.7. The zero-order chi connectivity index (χ0) is 10.8. The van der Waals surface area contributed by atoms with Crippen molar-refractivity contribution in [3.8, 4) is 0 Å². The van der Waals surface area contributed by atoms with Gasteiger partial charge in [-0.2, -0.15) is 0 Å². The summed E-state index contributed by atoms with van der Waals surface area (Å²) in [6.45, 7) is 0. The molecular weight excluding hydrogens is 341 g/mol. The second kappa shape index (κ2) is 9.63. The number of carbonyl (C=O) groups excluding carboxylic acids is 2. The monoisotopic (exact) mass is 351 g/mol. The molecule has 0 bridgehead atoms. The molecule has 8 heteroatoms. The molecule has 1 rings (SSSR count). The fourth-order valence-electron chi connectivity index (χ4n) is 0.783. The number of isocyanates is 2. The van der Waals surface area contributed by atoms with Crippen LogP contribution in [0.25, 0.3) is 0 Å². The summed E-state index contributed by atoms with van der Waals surface area (Å²) in [5, 5.41) is 1.99. The number of nitrogens with zero attached hydrogens (tertiary/aromatic N) is 2. The average molecular weight is 349 g/mol. The Hall–Kier alpha value is 0.0790. The van der Waals surface area contributed by atoms with Gasteiger partial charge in [0.15, 0.2) is 13.0 Å². The van der Waals surface area contributed by atoms with Crippen LogP contribution in [0.2, 0.25) is 10.6 Å². The van der Waals surface area contributed by atoms with E-state index in [9.17, 15) is 13.5 Å². The standard InChI is InChI=1S/C6H6N2O2Se2.FHS/c9-3-7-5-1-11-2-6(12-5)8-4-10;1-2/h5-6H,1-2H2;2H/p+1. The zero-order valence-electron chi connectivity index (χ0n) is 6.97. The number of aliphatic imine (C=N–C) groups is 2. The molecule has 2 atom stereocenters. The molecule has 1 aliphatic heterocycles. The van der Waals surface area contributed by atoms with Gasteiger partial charge in [0.2, 0.25) is 0 Å². The third-order valence-corrected chi connectivity index (χ3v) is 8.14. The summed E-state index contributed by atoms with van der Waals surface area (Å²) in [5.74, 6) is 0. The van der Waals surface area contributed by atoms with E-state index in [4.69, 9.17) is 0 Å². The van der Waals surface area contributed by atoms with Gasteiger partial charge in [0.1, 0.15) is 0 Å². The summed E-state index contributed by atoms with van der Waals surface area (Å²) < 4.78 is 9.31. The Morgan fingerprint density at radius 3 is 1.93 bits per heavy atom. The molecule has 0 aromatic carbocycles. The van der Waals surface area contributed by atoms with E-state index in [0.717, 1.165) is 10.6 Å². The van der Waals surface area contributed by atoms with Crippen molar-refractivity contribution in [1.82, 2.24) is 0 Å². The first-order valence-electron chi connectivity index (χ1n) is 3.43. The molecule has 0 aromatic heterocycles. The first kappa shape index (κ1) is 14.1. The molecule has 1 fully saturated rings. The quantitative estimate of drug-likeness (QED) is 0.291. The van der Waals surface area contributed by atoms with Crippen molar-refractivity contribution < 1.29 is 13.5 Å². The van der Waals surface area contributed by atoms with E-state index in [0.29, 0.717) is 15.0 Å². The Morgan fingerprint density at radius 1 is 1.14 bits per heavy atom. The minimum atomic E-state index is 0.103. The van der Waals surface area contributed by atoms with E-state index in [2.05, 4.69) is 9.98 Å². The molecule has 14 heavy (non-hydrogen) atoms. The molecule has 0 aliphatic carbocycles. The van der Waals surface area contributed by atoms with Crippen LogP contribution in [0.1, 0.15) is 0 Å². The Labute approximate surface area is 98.9 Å². The van der Waals surface area contributed by atoms with Gasteiger partial charge in [-0.05, 0) is 0 Å². The van der Waals surface area contributed by atoms with E-state index in [1.807, 2.05) is 0 Å².